The molecule has 0 saturated carbocycles. The molecule has 0 saturated heterocycles. The van der Waals surface area contributed by atoms with Gasteiger partial charge in [0.05, 0.1) is 0 Å². The Bertz CT molecular complexity index is 581. The van der Waals surface area contributed by atoms with Crippen molar-refractivity contribution in [2.24, 2.45) is 0 Å². The summed E-state index contributed by atoms with van der Waals surface area (Å²) >= 11 is 3.39. The summed E-state index contributed by atoms with van der Waals surface area (Å²) in [7, 11) is 0. The van der Waals surface area contributed by atoms with Crippen LogP contribution in [0.15, 0.2) is 40.9 Å². The van der Waals surface area contributed by atoms with Crippen molar-refractivity contribution < 1.29 is 9.50 Å². The fourth-order valence-corrected chi connectivity index (χ4v) is 2.30. The number of hydrogen-bond acceptors (Lipinski definition) is 1. The third-order valence-corrected chi connectivity index (χ3v) is 3.53. The lowest BCUT2D eigenvalue weighted by Crippen LogP contribution is -2.03. The summed E-state index contributed by atoms with van der Waals surface area (Å²) < 4.78 is 14.1. The molecule has 1 nitrogen and oxygen atoms in total. The van der Waals surface area contributed by atoms with Crippen LogP contribution in [0, 0.1) is 19.7 Å². The Balaban J connectivity index is 2.44. The molecule has 2 aromatic carbocycles. The van der Waals surface area contributed by atoms with Gasteiger partial charge in [-0.2, -0.15) is 0 Å². The van der Waals surface area contributed by atoms with Crippen molar-refractivity contribution in [2.45, 2.75) is 20.0 Å². The average Bonchev–Trinajstić information content (AvgIpc) is 2.35. The number of rotatable bonds is 2. The van der Waals surface area contributed by atoms with E-state index in [1.54, 1.807) is 19.1 Å². The molecular weight excluding hydrogens is 295 g/mol. The summed E-state index contributed by atoms with van der Waals surface area (Å²) in [6.45, 7) is 3.64. The molecule has 1 atom stereocenters. The van der Waals surface area contributed by atoms with Crippen LogP contribution < -0.4 is 0 Å². The zero-order valence-corrected chi connectivity index (χ0v) is 11.8. The molecule has 18 heavy (non-hydrogen) atoms. The number of aryl methyl sites for hydroxylation is 2. The lowest BCUT2D eigenvalue weighted by Gasteiger charge is -2.15. The van der Waals surface area contributed by atoms with Crippen LogP contribution in [0.25, 0.3) is 0 Å². The van der Waals surface area contributed by atoms with Gasteiger partial charge < -0.3 is 5.11 Å². The molecule has 0 fully saturated rings. The zero-order chi connectivity index (χ0) is 13.3. The number of aliphatic hydroxyl groups is 1. The van der Waals surface area contributed by atoms with Crippen LogP contribution in [-0.4, -0.2) is 5.11 Å². The molecule has 0 bridgehead atoms. The molecule has 94 valence electrons. The van der Waals surface area contributed by atoms with Crippen molar-refractivity contribution in [2.75, 3.05) is 0 Å². The van der Waals surface area contributed by atoms with Gasteiger partial charge in [-0.15, -0.1) is 0 Å². The lowest BCUT2D eigenvalue weighted by atomic mass is 9.96. The van der Waals surface area contributed by atoms with Crippen LogP contribution >= 0.6 is 15.9 Å². The van der Waals surface area contributed by atoms with E-state index in [1.165, 1.54) is 6.07 Å². The molecule has 0 aliphatic carbocycles. The molecule has 0 aliphatic heterocycles. The summed E-state index contributed by atoms with van der Waals surface area (Å²) in [5.41, 5.74) is 3.08. The van der Waals surface area contributed by atoms with Crippen LogP contribution in [-0.2, 0) is 0 Å². The number of halogens is 2. The first kappa shape index (κ1) is 13.2. The minimum Gasteiger partial charge on any atom is -0.384 e. The van der Waals surface area contributed by atoms with Crippen LogP contribution in [0.3, 0.4) is 0 Å². The standard InChI is InChI=1S/C15H14BrFO/c1-9-3-5-12(16)8-13(9)15(18)11-4-6-14(17)10(2)7-11/h3-8,15,18H,1-2H3. The number of aliphatic hydroxyl groups excluding tert-OH is 1. The summed E-state index contributed by atoms with van der Waals surface area (Å²) in [5, 5.41) is 10.4. The van der Waals surface area contributed by atoms with Crippen molar-refractivity contribution >= 4 is 15.9 Å². The van der Waals surface area contributed by atoms with Crippen molar-refractivity contribution in [3.63, 3.8) is 0 Å². The highest BCUT2D eigenvalue weighted by Crippen LogP contribution is 2.28. The van der Waals surface area contributed by atoms with Gasteiger partial charge in [0.25, 0.3) is 0 Å². The Hall–Kier alpha value is -1.19. The molecule has 1 N–H and O–H groups in total. The maximum Gasteiger partial charge on any atom is 0.126 e. The minimum atomic E-state index is -0.734. The first-order chi connectivity index (χ1) is 8.49. The number of benzene rings is 2. The Kier molecular flexibility index (Phi) is 3.83. The van der Waals surface area contributed by atoms with Gasteiger partial charge in [0.15, 0.2) is 0 Å². The summed E-state index contributed by atoms with van der Waals surface area (Å²) in [6, 6.07) is 10.5. The Morgan fingerprint density at radius 3 is 2.44 bits per heavy atom. The van der Waals surface area contributed by atoms with Crippen LogP contribution in [0.2, 0.25) is 0 Å². The molecule has 1 unspecified atom stereocenters. The maximum absolute atomic E-state index is 13.2. The van der Waals surface area contributed by atoms with E-state index in [1.807, 2.05) is 25.1 Å². The van der Waals surface area contributed by atoms with E-state index in [0.717, 1.165) is 15.6 Å². The van der Waals surface area contributed by atoms with Gasteiger partial charge in [-0.1, -0.05) is 34.1 Å². The highest BCUT2D eigenvalue weighted by atomic mass is 79.9. The van der Waals surface area contributed by atoms with Crippen molar-refractivity contribution in [1.82, 2.24) is 0 Å². The smallest absolute Gasteiger partial charge is 0.126 e. The van der Waals surface area contributed by atoms with Crippen molar-refractivity contribution in [3.05, 3.63) is 68.9 Å². The van der Waals surface area contributed by atoms with E-state index in [-0.39, 0.29) is 5.82 Å². The fraction of sp³-hybridized carbons (Fsp3) is 0.200. The molecule has 2 aromatic rings. The predicted molar refractivity (Wildman–Crippen MR) is 74.1 cm³/mol. The average molecular weight is 309 g/mol. The van der Waals surface area contributed by atoms with Crippen LogP contribution in [0.5, 0.6) is 0 Å². The first-order valence-corrected chi connectivity index (χ1v) is 6.48. The fourth-order valence-electron chi connectivity index (χ4n) is 1.92. The summed E-state index contributed by atoms with van der Waals surface area (Å²) in [5.74, 6) is -0.253. The Morgan fingerprint density at radius 1 is 1.06 bits per heavy atom. The van der Waals surface area contributed by atoms with Crippen LogP contribution in [0.4, 0.5) is 4.39 Å². The van der Waals surface area contributed by atoms with E-state index in [0.29, 0.717) is 11.1 Å². The highest BCUT2D eigenvalue weighted by molar-refractivity contribution is 9.10. The van der Waals surface area contributed by atoms with E-state index in [9.17, 15) is 9.50 Å². The topological polar surface area (TPSA) is 20.2 Å². The van der Waals surface area contributed by atoms with Gasteiger partial charge >= 0.3 is 0 Å². The van der Waals surface area contributed by atoms with Crippen molar-refractivity contribution in [3.8, 4) is 0 Å². The zero-order valence-electron chi connectivity index (χ0n) is 10.2. The highest BCUT2D eigenvalue weighted by Gasteiger charge is 2.14. The molecule has 0 heterocycles. The largest absolute Gasteiger partial charge is 0.384 e. The monoisotopic (exact) mass is 308 g/mol. The van der Waals surface area contributed by atoms with Gasteiger partial charge in [0, 0.05) is 4.47 Å². The normalized spacial score (nSPS) is 12.5. The SMILES string of the molecule is Cc1cc(C(O)c2cc(Br)ccc2C)ccc1F. The molecule has 0 amide bonds. The van der Waals surface area contributed by atoms with Gasteiger partial charge in [0.2, 0.25) is 0 Å². The Morgan fingerprint density at radius 2 is 1.78 bits per heavy atom. The third-order valence-electron chi connectivity index (χ3n) is 3.03. The van der Waals surface area contributed by atoms with E-state index >= 15 is 0 Å². The molecule has 2 rings (SSSR count). The molecular formula is C15H14BrFO. The second-order valence-electron chi connectivity index (χ2n) is 4.41. The van der Waals surface area contributed by atoms with Crippen LogP contribution in [0.1, 0.15) is 28.4 Å². The Labute approximate surface area is 114 Å². The first-order valence-electron chi connectivity index (χ1n) is 5.69. The predicted octanol–water partition coefficient (Wildman–Crippen LogP) is 4.29. The molecule has 3 heteroatoms. The quantitative estimate of drug-likeness (QED) is 0.877. The summed E-state index contributed by atoms with van der Waals surface area (Å²) in [4.78, 5) is 0. The second-order valence-corrected chi connectivity index (χ2v) is 5.33. The molecule has 0 aromatic heterocycles. The minimum absolute atomic E-state index is 0.253. The van der Waals surface area contributed by atoms with E-state index in [2.05, 4.69) is 15.9 Å². The number of hydrogen-bond donors (Lipinski definition) is 1. The maximum atomic E-state index is 13.2. The van der Waals surface area contributed by atoms with Crippen molar-refractivity contribution in [1.29, 1.82) is 0 Å². The second kappa shape index (κ2) is 5.21. The molecule has 0 spiro atoms. The molecule has 0 aliphatic rings. The third kappa shape index (κ3) is 2.62. The van der Waals surface area contributed by atoms with E-state index in [4.69, 9.17) is 0 Å². The van der Waals surface area contributed by atoms with E-state index < -0.39 is 6.10 Å². The lowest BCUT2D eigenvalue weighted by molar-refractivity contribution is 0.219. The molecule has 0 radical (unpaired) electrons. The van der Waals surface area contributed by atoms with Gasteiger partial charge in [-0.25, -0.2) is 4.39 Å². The van der Waals surface area contributed by atoms with Gasteiger partial charge in [-0.3, -0.25) is 0 Å². The van der Waals surface area contributed by atoms with Gasteiger partial charge in [0.1, 0.15) is 11.9 Å². The summed E-state index contributed by atoms with van der Waals surface area (Å²) in [6.07, 6.45) is -0.734. The van der Waals surface area contributed by atoms with Gasteiger partial charge in [-0.05, 0) is 54.3 Å².